The highest BCUT2D eigenvalue weighted by atomic mass is 79.9. The summed E-state index contributed by atoms with van der Waals surface area (Å²) in [5.41, 5.74) is 0. The van der Waals surface area contributed by atoms with Crippen LogP contribution in [0.5, 0.6) is 11.5 Å². The molecule has 1 N–H and O–H groups in total. The van der Waals surface area contributed by atoms with Crippen LogP contribution in [0.25, 0.3) is 0 Å². The molecule has 0 aliphatic carbocycles. The fourth-order valence-corrected chi connectivity index (χ4v) is 2.86. The summed E-state index contributed by atoms with van der Waals surface area (Å²) in [4.78, 5) is 13.0. The van der Waals surface area contributed by atoms with E-state index in [1.807, 2.05) is 36.4 Å². The van der Waals surface area contributed by atoms with Crippen LogP contribution >= 0.6 is 27.7 Å². The van der Waals surface area contributed by atoms with Crippen molar-refractivity contribution in [2.24, 2.45) is 0 Å². The van der Waals surface area contributed by atoms with Crippen molar-refractivity contribution >= 4 is 33.6 Å². The van der Waals surface area contributed by atoms with Gasteiger partial charge in [-0.2, -0.15) is 0 Å². The molecule has 0 saturated heterocycles. The van der Waals surface area contributed by atoms with Crippen molar-refractivity contribution in [3.05, 3.63) is 53.0 Å². The van der Waals surface area contributed by atoms with Gasteiger partial charge in [-0.15, -0.1) is 11.8 Å². The summed E-state index contributed by atoms with van der Waals surface area (Å²) < 4.78 is 11.7. The third-order valence-electron chi connectivity index (χ3n) is 2.93. The highest BCUT2D eigenvalue weighted by Crippen LogP contribution is 2.25. The van der Waals surface area contributed by atoms with Crippen LogP contribution in [0.4, 0.5) is 0 Å². The molecule has 2 rings (SSSR count). The second kappa shape index (κ2) is 9.47. The zero-order chi connectivity index (χ0) is 16.5. The first-order valence-corrected chi connectivity index (χ1v) is 8.88. The Morgan fingerprint density at radius 2 is 1.83 bits per heavy atom. The molecular formula is C17H18BrNO3S. The van der Waals surface area contributed by atoms with Crippen LogP contribution in [0, 0.1) is 0 Å². The molecule has 0 bridgehead atoms. The van der Waals surface area contributed by atoms with Crippen LogP contribution in [-0.2, 0) is 4.79 Å². The average Bonchev–Trinajstić information content (AvgIpc) is 2.58. The van der Waals surface area contributed by atoms with Crippen LogP contribution < -0.4 is 14.8 Å². The largest absolute Gasteiger partial charge is 0.493 e. The minimum Gasteiger partial charge on any atom is -0.493 e. The van der Waals surface area contributed by atoms with E-state index < -0.39 is 0 Å². The predicted octanol–water partition coefficient (Wildman–Crippen LogP) is 3.75. The lowest BCUT2D eigenvalue weighted by Crippen LogP contribution is -2.30. The number of benzene rings is 2. The number of ether oxygens (including phenoxy) is 2. The van der Waals surface area contributed by atoms with Crippen molar-refractivity contribution in [1.29, 1.82) is 0 Å². The first-order chi connectivity index (χ1) is 11.2. The number of methoxy groups -OCH3 is 1. The number of rotatable bonds is 8. The molecule has 122 valence electrons. The van der Waals surface area contributed by atoms with Gasteiger partial charge in [0.25, 0.3) is 5.91 Å². The van der Waals surface area contributed by atoms with Gasteiger partial charge in [0.15, 0.2) is 18.1 Å². The molecule has 0 radical (unpaired) electrons. The summed E-state index contributed by atoms with van der Waals surface area (Å²) in [6, 6.07) is 15.3. The second-order valence-electron chi connectivity index (χ2n) is 4.59. The molecule has 23 heavy (non-hydrogen) atoms. The third-order valence-corrected chi connectivity index (χ3v) is 4.48. The van der Waals surface area contributed by atoms with Crippen molar-refractivity contribution in [2.45, 2.75) is 4.90 Å². The van der Waals surface area contributed by atoms with E-state index in [-0.39, 0.29) is 12.5 Å². The molecule has 0 aliphatic heterocycles. The van der Waals surface area contributed by atoms with E-state index in [0.717, 1.165) is 10.2 Å². The van der Waals surface area contributed by atoms with E-state index in [9.17, 15) is 4.79 Å². The molecule has 0 heterocycles. The second-order valence-corrected chi connectivity index (χ2v) is 6.68. The molecule has 6 heteroatoms. The molecule has 0 atom stereocenters. The van der Waals surface area contributed by atoms with Gasteiger partial charge in [-0.1, -0.05) is 28.1 Å². The van der Waals surface area contributed by atoms with Crippen LogP contribution in [0.3, 0.4) is 0 Å². The molecule has 2 aromatic rings. The number of hydrogen-bond acceptors (Lipinski definition) is 4. The Morgan fingerprint density at radius 1 is 1.13 bits per heavy atom. The van der Waals surface area contributed by atoms with Gasteiger partial charge in [-0.3, -0.25) is 4.79 Å². The number of carbonyl (C=O) groups is 1. The monoisotopic (exact) mass is 395 g/mol. The van der Waals surface area contributed by atoms with Crippen LogP contribution in [0.1, 0.15) is 0 Å². The van der Waals surface area contributed by atoms with Gasteiger partial charge < -0.3 is 14.8 Å². The molecular weight excluding hydrogens is 378 g/mol. The van der Waals surface area contributed by atoms with Gasteiger partial charge in [0.1, 0.15) is 0 Å². The SMILES string of the molecule is COc1ccccc1OCC(=O)NCCSc1ccc(Br)cc1. The Balaban J connectivity index is 1.66. The molecule has 1 amide bonds. The fourth-order valence-electron chi connectivity index (χ4n) is 1.82. The van der Waals surface area contributed by atoms with E-state index in [4.69, 9.17) is 9.47 Å². The highest BCUT2D eigenvalue weighted by Gasteiger charge is 2.06. The minimum atomic E-state index is -0.146. The van der Waals surface area contributed by atoms with E-state index in [0.29, 0.717) is 18.0 Å². The van der Waals surface area contributed by atoms with Crippen LogP contribution in [0.2, 0.25) is 0 Å². The zero-order valence-electron chi connectivity index (χ0n) is 12.8. The lowest BCUT2D eigenvalue weighted by atomic mass is 10.3. The predicted molar refractivity (Wildman–Crippen MR) is 96.4 cm³/mol. The molecule has 0 spiro atoms. The average molecular weight is 396 g/mol. The van der Waals surface area contributed by atoms with E-state index in [2.05, 4.69) is 21.2 Å². The van der Waals surface area contributed by atoms with Gasteiger partial charge in [-0.25, -0.2) is 0 Å². The summed E-state index contributed by atoms with van der Waals surface area (Å²) in [7, 11) is 1.57. The minimum absolute atomic E-state index is 0.0245. The van der Waals surface area contributed by atoms with E-state index >= 15 is 0 Å². The zero-order valence-corrected chi connectivity index (χ0v) is 15.2. The Labute approximate surface area is 148 Å². The van der Waals surface area contributed by atoms with Crippen LogP contribution in [-0.4, -0.2) is 31.9 Å². The molecule has 0 aromatic heterocycles. The topological polar surface area (TPSA) is 47.6 Å². The Morgan fingerprint density at radius 3 is 2.52 bits per heavy atom. The maximum absolute atomic E-state index is 11.8. The maximum Gasteiger partial charge on any atom is 0.257 e. The van der Waals surface area contributed by atoms with Gasteiger partial charge in [0.2, 0.25) is 0 Å². The normalized spacial score (nSPS) is 10.2. The summed E-state index contributed by atoms with van der Waals surface area (Å²) in [6.45, 7) is 0.568. The summed E-state index contributed by atoms with van der Waals surface area (Å²) in [5.74, 6) is 1.84. The standard InChI is InChI=1S/C17H18BrNO3S/c1-21-15-4-2-3-5-16(15)22-12-17(20)19-10-11-23-14-8-6-13(18)7-9-14/h2-9H,10-12H2,1H3,(H,19,20). The summed E-state index contributed by atoms with van der Waals surface area (Å²) >= 11 is 5.10. The Hall–Kier alpha value is -1.66. The lowest BCUT2D eigenvalue weighted by Gasteiger charge is -2.10. The number of nitrogens with one attached hydrogen (secondary N) is 1. The number of para-hydroxylation sites is 2. The number of hydrogen-bond donors (Lipinski definition) is 1. The van der Waals surface area contributed by atoms with Gasteiger partial charge in [-0.05, 0) is 36.4 Å². The maximum atomic E-state index is 11.8. The first kappa shape index (κ1) is 17.7. The first-order valence-electron chi connectivity index (χ1n) is 7.10. The van der Waals surface area contributed by atoms with Crippen molar-refractivity contribution in [3.8, 4) is 11.5 Å². The lowest BCUT2D eigenvalue weighted by molar-refractivity contribution is -0.122. The van der Waals surface area contributed by atoms with Crippen molar-refractivity contribution in [3.63, 3.8) is 0 Å². The fraction of sp³-hybridized carbons (Fsp3) is 0.235. The number of thioether (sulfide) groups is 1. The molecule has 0 fully saturated rings. The Bertz CT molecular complexity index is 634. The molecule has 4 nitrogen and oxygen atoms in total. The van der Waals surface area contributed by atoms with E-state index in [1.54, 1.807) is 31.0 Å². The van der Waals surface area contributed by atoms with Crippen molar-refractivity contribution in [1.82, 2.24) is 5.32 Å². The highest BCUT2D eigenvalue weighted by molar-refractivity contribution is 9.10. The number of amides is 1. The van der Waals surface area contributed by atoms with Gasteiger partial charge in [0.05, 0.1) is 7.11 Å². The third kappa shape index (κ3) is 6.15. The Kier molecular flexibility index (Phi) is 7.29. The molecule has 0 unspecified atom stereocenters. The quantitative estimate of drug-likeness (QED) is 0.546. The summed E-state index contributed by atoms with van der Waals surface area (Å²) in [6.07, 6.45) is 0. The number of carbonyl (C=O) groups excluding carboxylic acids is 1. The van der Waals surface area contributed by atoms with Crippen LogP contribution in [0.15, 0.2) is 57.9 Å². The summed E-state index contributed by atoms with van der Waals surface area (Å²) in [5, 5.41) is 2.84. The van der Waals surface area contributed by atoms with Gasteiger partial charge in [0, 0.05) is 21.7 Å². The molecule has 0 aliphatic rings. The van der Waals surface area contributed by atoms with E-state index in [1.165, 1.54) is 4.90 Å². The van der Waals surface area contributed by atoms with Crippen molar-refractivity contribution < 1.29 is 14.3 Å². The molecule has 0 saturated carbocycles. The molecule has 2 aromatic carbocycles. The van der Waals surface area contributed by atoms with Crippen molar-refractivity contribution in [2.75, 3.05) is 26.0 Å². The van der Waals surface area contributed by atoms with Gasteiger partial charge >= 0.3 is 0 Å². The smallest absolute Gasteiger partial charge is 0.257 e. The number of halogens is 1.